The highest BCUT2D eigenvalue weighted by Gasteiger charge is 2.48. The average molecular weight is 414 g/mol. The van der Waals surface area contributed by atoms with Crippen LogP contribution in [0.15, 0.2) is 28.1 Å². The molecular formula is C19H18N4O5S. The normalized spacial score (nSPS) is 23.7. The third-order valence-corrected chi connectivity index (χ3v) is 6.55. The van der Waals surface area contributed by atoms with Crippen molar-refractivity contribution < 1.29 is 23.8 Å². The number of nitrogens with zero attached hydrogens (tertiary/aromatic N) is 4. The maximum atomic E-state index is 11.4. The summed E-state index contributed by atoms with van der Waals surface area (Å²) in [6.45, 7) is 2.30. The molecule has 0 radical (unpaired) electrons. The van der Waals surface area contributed by atoms with Gasteiger partial charge in [-0.1, -0.05) is 0 Å². The summed E-state index contributed by atoms with van der Waals surface area (Å²) in [4.78, 5) is 24.1. The maximum Gasteiger partial charge on any atom is 0.407 e. The minimum absolute atomic E-state index is 0.0115. The third-order valence-electron chi connectivity index (χ3n) is 5.74. The monoisotopic (exact) mass is 414 g/mol. The fourth-order valence-corrected chi connectivity index (χ4v) is 4.93. The fourth-order valence-electron chi connectivity index (χ4n) is 4.27. The number of piperazine rings is 1. The zero-order valence-electron chi connectivity index (χ0n) is 15.4. The standard InChI is InChI=1S/C19H18N4O5S/c24-19(25)23-10-5-11(23)7-22(6-10)18-21-15-14(27-12-8-26-9-12)2-1-13(16(15)28-18)17-20-3-4-29-17/h1-4,10-12H,5-9H2,(H,24,25). The molecule has 7 rings (SSSR count). The molecule has 4 fully saturated rings. The molecule has 1 amide bonds. The molecule has 0 spiro atoms. The van der Waals surface area contributed by atoms with E-state index in [1.807, 2.05) is 22.4 Å². The number of ether oxygens (including phenoxy) is 2. The molecule has 1 N–H and O–H groups in total. The molecule has 0 aliphatic carbocycles. The summed E-state index contributed by atoms with van der Waals surface area (Å²) in [6.07, 6.45) is 1.82. The van der Waals surface area contributed by atoms with Gasteiger partial charge in [0.25, 0.3) is 6.01 Å². The number of hydrogen-bond acceptors (Lipinski definition) is 8. The Balaban J connectivity index is 1.38. The molecule has 2 bridgehead atoms. The number of thiazole rings is 1. The second kappa shape index (κ2) is 6.33. The fraction of sp³-hybridized carbons (Fsp3) is 0.421. The first-order valence-electron chi connectivity index (χ1n) is 9.51. The Morgan fingerprint density at radius 1 is 1.28 bits per heavy atom. The molecule has 0 saturated carbocycles. The summed E-state index contributed by atoms with van der Waals surface area (Å²) in [6, 6.07) is 4.33. The zero-order chi connectivity index (χ0) is 19.5. The van der Waals surface area contributed by atoms with Crippen LogP contribution in [0.2, 0.25) is 0 Å². The SMILES string of the molecule is O=C(O)N1C2CC1CN(c1nc3c(OC4COC4)ccc(-c4nccs4)c3o1)C2. The Kier molecular flexibility index (Phi) is 3.72. The first kappa shape index (κ1) is 17.0. The van der Waals surface area contributed by atoms with Crippen molar-refractivity contribution in [3.63, 3.8) is 0 Å². The molecule has 4 saturated heterocycles. The summed E-state index contributed by atoms with van der Waals surface area (Å²) in [5.41, 5.74) is 2.18. The highest BCUT2D eigenvalue weighted by Crippen LogP contribution is 2.40. The Labute approximate surface area is 169 Å². The van der Waals surface area contributed by atoms with Crippen LogP contribution in [-0.2, 0) is 4.74 Å². The highest BCUT2D eigenvalue weighted by molar-refractivity contribution is 7.13. The van der Waals surface area contributed by atoms with Crippen molar-refractivity contribution in [3.05, 3.63) is 23.7 Å². The zero-order valence-corrected chi connectivity index (χ0v) is 16.2. The number of rotatable bonds is 4. The number of benzene rings is 1. The third kappa shape index (κ3) is 2.66. The lowest BCUT2D eigenvalue weighted by Gasteiger charge is -2.54. The van der Waals surface area contributed by atoms with Gasteiger partial charge in [0.15, 0.2) is 11.1 Å². The van der Waals surface area contributed by atoms with Crippen LogP contribution in [0.25, 0.3) is 21.7 Å². The van der Waals surface area contributed by atoms with Crippen molar-refractivity contribution >= 4 is 34.5 Å². The van der Waals surface area contributed by atoms with Crippen LogP contribution >= 0.6 is 11.3 Å². The van der Waals surface area contributed by atoms with Gasteiger partial charge in [0.05, 0.1) is 30.9 Å². The molecule has 3 aromatic rings. The van der Waals surface area contributed by atoms with E-state index in [2.05, 4.69) is 4.98 Å². The van der Waals surface area contributed by atoms with Gasteiger partial charge in [-0.25, -0.2) is 9.78 Å². The van der Waals surface area contributed by atoms with Gasteiger partial charge in [-0.3, -0.25) is 4.90 Å². The second-order valence-corrected chi connectivity index (χ2v) is 8.43. The average Bonchev–Trinajstić information content (AvgIpc) is 3.34. The predicted octanol–water partition coefficient (Wildman–Crippen LogP) is 2.67. The smallest absolute Gasteiger partial charge is 0.407 e. The molecule has 6 heterocycles. The number of carbonyl (C=O) groups is 1. The van der Waals surface area contributed by atoms with Crippen molar-refractivity contribution in [2.75, 3.05) is 31.2 Å². The Morgan fingerprint density at radius 3 is 2.76 bits per heavy atom. The van der Waals surface area contributed by atoms with Crippen molar-refractivity contribution in [3.8, 4) is 16.3 Å². The molecule has 4 aliphatic rings. The van der Waals surface area contributed by atoms with Crippen LogP contribution in [-0.4, -0.2) is 70.6 Å². The number of aromatic nitrogens is 2. The number of anilines is 1. The van der Waals surface area contributed by atoms with Crippen LogP contribution in [0.1, 0.15) is 6.42 Å². The van der Waals surface area contributed by atoms with E-state index >= 15 is 0 Å². The molecular weight excluding hydrogens is 396 g/mol. The summed E-state index contributed by atoms with van der Waals surface area (Å²) in [5.74, 6) is 0.665. The Morgan fingerprint density at radius 2 is 2.10 bits per heavy atom. The minimum Gasteiger partial charge on any atom is -0.483 e. The predicted molar refractivity (Wildman–Crippen MR) is 105 cm³/mol. The van der Waals surface area contributed by atoms with Gasteiger partial charge in [0.2, 0.25) is 0 Å². The van der Waals surface area contributed by atoms with E-state index in [4.69, 9.17) is 18.9 Å². The molecule has 2 atom stereocenters. The number of piperidine rings is 1. The van der Waals surface area contributed by atoms with Crippen LogP contribution < -0.4 is 9.64 Å². The number of fused-ring (bicyclic) bond motifs is 3. The van der Waals surface area contributed by atoms with E-state index in [0.29, 0.717) is 49.2 Å². The molecule has 2 aromatic heterocycles. The van der Waals surface area contributed by atoms with Crippen molar-refractivity contribution in [2.45, 2.75) is 24.6 Å². The topological polar surface area (TPSA) is 101 Å². The van der Waals surface area contributed by atoms with Gasteiger partial charge in [-0.05, 0) is 18.6 Å². The minimum atomic E-state index is -0.854. The van der Waals surface area contributed by atoms with Crippen molar-refractivity contribution in [2.24, 2.45) is 0 Å². The molecule has 4 aliphatic heterocycles. The Bertz CT molecular complexity index is 1070. The molecule has 29 heavy (non-hydrogen) atoms. The van der Waals surface area contributed by atoms with Crippen molar-refractivity contribution in [1.29, 1.82) is 0 Å². The first-order valence-corrected chi connectivity index (χ1v) is 10.4. The van der Waals surface area contributed by atoms with E-state index in [1.54, 1.807) is 6.20 Å². The van der Waals surface area contributed by atoms with Gasteiger partial charge in [-0.2, -0.15) is 4.98 Å². The van der Waals surface area contributed by atoms with E-state index in [0.717, 1.165) is 17.0 Å². The molecule has 9 nitrogen and oxygen atoms in total. The summed E-state index contributed by atoms with van der Waals surface area (Å²) in [5, 5.41) is 12.1. The van der Waals surface area contributed by atoms with Crippen LogP contribution in [0.5, 0.6) is 5.75 Å². The lowest BCUT2D eigenvalue weighted by Crippen LogP contribution is -2.70. The van der Waals surface area contributed by atoms with Gasteiger partial charge >= 0.3 is 6.09 Å². The van der Waals surface area contributed by atoms with E-state index in [-0.39, 0.29) is 18.2 Å². The number of amides is 1. The van der Waals surface area contributed by atoms with E-state index < -0.39 is 6.09 Å². The highest BCUT2D eigenvalue weighted by atomic mass is 32.1. The quantitative estimate of drug-likeness (QED) is 0.695. The Hall–Kier alpha value is -2.85. The number of hydrogen-bond donors (Lipinski definition) is 1. The van der Waals surface area contributed by atoms with E-state index in [1.165, 1.54) is 16.2 Å². The van der Waals surface area contributed by atoms with Crippen molar-refractivity contribution in [1.82, 2.24) is 14.9 Å². The van der Waals surface area contributed by atoms with Crippen LogP contribution in [0.4, 0.5) is 10.8 Å². The number of oxazole rings is 1. The second-order valence-electron chi connectivity index (χ2n) is 7.54. The maximum absolute atomic E-state index is 11.4. The summed E-state index contributed by atoms with van der Waals surface area (Å²) in [7, 11) is 0. The molecule has 10 heteroatoms. The summed E-state index contributed by atoms with van der Waals surface area (Å²) >= 11 is 1.54. The lowest BCUT2D eigenvalue weighted by molar-refractivity contribution is -0.0791. The molecule has 2 unspecified atom stereocenters. The molecule has 1 aromatic carbocycles. The number of carboxylic acid groups (broad SMARTS) is 1. The van der Waals surface area contributed by atoms with Gasteiger partial charge < -0.3 is 23.9 Å². The van der Waals surface area contributed by atoms with Crippen LogP contribution in [0.3, 0.4) is 0 Å². The largest absolute Gasteiger partial charge is 0.483 e. The van der Waals surface area contributed by atoms with E-state index in [9.17, 15) is 9.90 Å². The molecule has 150 valence electrons. The summed E-state index contributed by atoms with van der Waals surface area (Å²) < 4.78 is 17.5. The lowest BCUT2D eigenvalue weighted by atomic mass is 9.88. The van der Waals surface area contributed by atoms with Crippen LogP contribution in [0, 0.1) is 0 Å². The first-order chi connectivity index (χ1) is 14.2. The van der Waals surface area contributed by atoms with Gasteiger partial charge in [-0.15, -0.1) is 11.3 Å². The van der Waals surface area contributed by atoms with Gasteiger partial charge in [0, 0.05) is 24.7 Å². The van der Waals surface area contributed by atoms with Gasteiger partial charge in [0.1, 0.15) is 16.9 Å².